The molecule has 1 atom stereocenters. The van der Waals surface area contributed by atoms with Crippen LogP contribution in [0.1, 0.15) is 24.8 Å². The Hall–Kier alpha value is -0.570. The third-order valence-corrected chi connectivity index (χ3v) is 3.30. The predicted molar refractivity (Wildman–Crippen MR) is 68.8 cm³/mol. The molecule has 16 heavy (non-hydrogen) atoms. The molecule has 0 saturated carbocycles. The summed E-state index contributed by atoms with van der Waals surface area (Å²) in [6.45, 7) is 3.16. The maximum Gasteiger partial charge on any atom is 0.0406 e. The minimum Gasteiger partial charge on any atom is -0.313 e. The Labute approximate surface area is 102 Å². The van der Waals surface area contributed by atoms with E-state index in [0.29, 0.717) is 6.04 Å². The molecule has 0 amide bonds. The van der Waals surface area contributed by atoms with E-state index < -0.39 is 0 Å². The fraction of sp³-hybridized carbons (Fsp3) is 0.538. The van der Waals surface area contributed by atoms with E-state index in [2.05, 4.69) is 22.8 Å². The van der Waals surface area contributed by atoms with Gasteiger partial charge in [0.15, 0.2) is 0 Å². The number of rotatable bonds is 4. The number of halogens is 1. The molecule has 1 aliphatic heterocycles. The van der Waals surface area contributed by atoms with Crippen LogP contribution in [0, 0.1) is 0 Å². The van der Waals surface area contributed by atoms with Crippen LogP contribution in [0.3, 0.4) is 0 Å². The molecule has 0 spiro atoms. The Kier molecular flexibility index (Phi) is 4.64. The van der Waals surface area contributed by atoms with E-state index in [-0.39, 0.29) is 0 Å². The minimum absolute atomic E-state index is 0.654. The van der Waals surface area contributed by atoms with E-state index >= 15 is 0 Å². The minimum atomic E-state index is 0.654. The highest BCUT2D eigenvalue weighted by atomic mass is 35.5. The lowest BCUT2D eigenvalue weighted by Crippen LogP contribution is -2.41. The van der Waals surface area contributed by atoms with Gasteiger partial charge in [-0.3, -0.25) is 0 Å². The lowest BCUT2D eigenvalue weighted by molar-refractivity contribution is 0.383. The van der Waals surface area contributed by atoms with Crippen LogP contribution in [0.5, 0.6) is 0 Å². The quantitative estimate of drug-likeness (QED) is 0.843. The summed E-state index contributed by atoms with van der Waals surface area (Å²) in [5, 5.41) is 7.82. The van der Waals surface area contributed by atoms with Crippen molar-refractivity contribution in [2.24, 2.45) is 0 Å². The highest BCUT2D eigenvalue weighted by Crippen LogP contribution is 2.09. The molecular weight excluding hydrogens is 220 g/mol. The average molecular weight is 239 g/mol. The first-order valence-corrected chi connectivity index (χ1v) is 6.41. The van der Waals surface area contributed by atoms with Crippen molar-refractivity contribution in [3.63, 3.8) is 0 Å². The van der Waals surface area contributed by atoms with Gasteiger partial charge in [0, 0.05) is 24.2 Å². The second kappa shape index (κ2) is 6.24. The molecule has 2 rings (SSSR count). The molecule has 1 aliphatic rings. The number of hydrogen-bond donors (Lipinski definition) is 2. The standard InChI is InChI=1S/C13H19ClN2/c14-12-6-4-11(5-7-12)9-15-10-13-3-1-2-8-16-13/h4-7,13,15-16H,1-3,8-10H2. The van der Waals surface area contributed by atoms with Gasteiger partial charge in [0.25, 0.3) is 0 Å². The monoisotopic (exact) mass is 238 g/mol. The van der Waals surface area contributed by atoms with Crippen molar-refractivity contribution in [1.82, 2.24) is 10.6 Å². The Morgan fingerprint density at radius 1 is 1.25 bits per heavy atom. The summed E-state index contributed by atoms with van der Waals surface area (Å²) >= 11 is 5.84. The van der Waals surface area contributed by atoms with Gasteiger partial charge in [0.05, 0.1) is 0 Å². The van der Waals surface area contributed by atoms with Crippen LogP contribution in [-0.4, -0.2) is 19.1 Å². The van der Waals surface area contributed by atoms with Gasteiger partial charge < -0.3 is 10.6 Å². The molecule has 3 heteroatoms. The van der Waals surface area contributed by atoms with Crippen LogP contribution < -0.4 is 10.6 Å². The summed E-state index contributed by atoms with van der Waals surface area (Å²) in [5.74, 6) is 0. The van der Waals surface area contributed by atoms with Gasteiger partial charge in [-0.15, -0.1) is 0 Å². The molecule has 1 fully saturated rings. The van der Waals surface area contributed by atoms with Crippen molar-refractivity contribution >= 4 is 11.6 Å². The normalized spacial score (nSPS) is 20.9. The summed E-state index contributed by atoms with van der Waals surface area (Å²) in [6.07, 6.45) is 3.99. The van der Waals surface area contributed by atoms with Crippen molar-refractivity contribution in [3.8, 4) is 0 Å². The second-order valence-electron chi connectivity index (χ2n) is 4.40. The smallest absolute Gasteiger partial charge is 0.0406 e. The highest BCUT2D eigenvalue weighted by Gasteiger charge is 2.11. The molecule has 2 nitrogen and oxygen atoms in total. The molecular formula is C13H19ClN2. The molecule has 1 aromatic rings. The summed E-state index contributed by atoms with van der Waals surface area (Å²) < 4.78 is 0. The lowest BCUT2D eigenvalue weighted by Gasteiger charge is -2.23. The van der Waals surface area contributed by atoms with Gasteiger partial charge in [-0.05, 0) is 37.1 Å². The van der Waals surface area contributed by atoms with Crippen LogP contribution in [0.15, 0.2) is 24.3 Å². The van der Waals surface area contributed by atoms with Gasteiger partial charge in [0.2, 0.25) is 0 Å². The Bertz CT molecular complexity index is 304. The van der Waals surface area contributed by atoms with Gasteiger partial charge in [0.1, 0.15) is 0 Å². The molecule has 1 aromatic carbocycles. The van der Waals surface area contributed by atoms with Gasteiger partial charge in [-0.2, -0.15) is 0 Å². The number of piperidine rings is 1. The molecule has 1 unspecified atom stereocenters. The summed E-state index contributed by atoms with van der Waals surface area (Å²) in [5.41, 5.74) is 1.29. The SMILES string of the molecule is Clc1ccc(CNCC2CCCCN2)cc1. The predicted octanol–water partition coefficient (Wildman–Crippen LogP) is 2.57. The van der Waals surface area contributed by atoms with E-state index in [9.17, 15) is 0 Å². The van der Waals surface area contributed by atoms with E-state index in [4.69, 9.17) is 11.6 Å². The average Bonchev–Trinajstić information content (AvgIpc) is 2.33. The van der Waals surface area contributed by atoms with Gasteiger partial charge in [-0.25, -0.2) is 0 Å². The Morgan fingerprint density at radius 2 is 2.06 bits per heavy atom. The van der Waals surface area contributed by atoms with Crippen LogP contribution in [-0.2, 0) is 6.54 Å². The fourth-order valence-corrected chi connectivity index (χ4v) is 2.22. The molecule has 1 heterocycles. The largest absolute Gasteiger partial charge is 0.313 e. The number of benzene rings is 1. The zero-order valence-electron chi connectivity index (χ0n) is 9.51. The van der Waals surface area contributed by atoms with E-state index in [1.807, 2.05) is 12.1 Å². The van der Waals surface area contributed by atoms with Gasteiger partial charge in [-0.1, -0.05) is 30.2 Å². The highest BCUT2D eigenvalue weighted by molar-refractivity contribution is 6.30. The molecule has 0 radical (unpaired) electrons. The third kappa shape index (κ3) is 3.78. The van der Waals surface area contributed by atoms with Crippen molar-refractivity contribution in [2.75, 3.05) is 13.1 Å². The topological polar surface area (TPSA) is 24.1 Å². The molecule has 88 valence electrons. The van der Waals surface area contributed by atoms with Crippen molar-refractivity contribution in [3.05, 3.63) is 34.9 Å². The van der Waals surface area contributed by atoms with Crippen LogP contribution in [0.4, 0.5) is 0 Å². The molecule has 2 N–H and O–H groups in total. The third-order valence-electron chi connectivity index (χ3n) is 3.05. The maximum atomic E-state index is 5.84. The van der Waals surface area contributed by atoms with E-state index in [1.54, 1.807) is 0 Å². The van der Waals surface area contributed by atoms with Crippen molar-refractivity contribution < 1.29 is 0 Å². The Morgan fingerprint density at radius 3 is 2.75 bits per heavy atom. The number of hydrogen-bond acceptors (Lipinski definition) is 2. The summed E-state index contributed by atoms with van der Waals surface area (Å²) in [7, 11) is 0. The fourth-order valence-electron chi connectivity index (χ4n) is 2.09. The second-order valence-corrected chi connectivity index (χ2v) is 4.84. The van der Waals surface area contributed by atoms with Crippen LogP contribution in [0.25, 0.3) is 0 Å². The first-order chi connectivity index (χ1) is 7.84. The Balaban J connectivity index is 1.69. The van der Waals surface area contributed by atoms with E-state index in [0.717, 1.165) is 18.1 Å². The van der Waals surface area contributed by atoms with Crippen LogP contribution in [0.2, 0.25) is 5.02 Å². The van der Waals surface area contributed by atoms with Crippen LogP contribution >= 0.6 is 11.6 Å². The molecule has 0 aliphatic carbocycles. The van der Waals surface area contributed by atoms with Crippen molar-refractivity contribution in [1.29, 1.82) is 0 Å². The maximum absolute atomic E-state index is 5.84. The first-order valence-electron chi connectivity index (χ1n) is 6.03. The summed E-state index contributed by atoms with van der Waals surface area (Å²) in [4.78, 5) is 0. The number of nitrogens with one attached hydrogen (secondary N) is 2. The summed E-state index contributed by atoms with van der Waals surface area (Å²) in [6, 6.07) is 8.68. The van der Waals surface area contributed by atoms with Crippen molar-refractivity contribution in [2.45, 2.75) is 31.8 Å². The van der Waals surface area contributed by atoms with Gasteiger partial charge >= 0.3 is 0 Å². The first kappa shape index (κ1) is 11.9. The zero-order valence-corrected chi connectivity index (χ0v) is 10.3. The molecule has 0 bridgehead atoms. The van der Waals surface area contributed by atoms with E-state index in [1.165, 1.54) is 31.4 Å². The zero-order chi connectivity index (χ0) is 11.2. The lowest BCUT2D eigenvalue weighted by atomic mass is 10.1. The molecule has 1 saturated heterocycles. The molecule has 0 aromatic heterocycles.